The second-order valence-electron chi connectivity index (χ2n) is 14.9. The zero-order valence-electron chi connectivity index (χ0n) is 28.2. The summed E-state index contributed by atoms with van der Waals surface area (Å²) in [4.78, 5) is 31.9. The Labute approximate surface area is 286 Å². The maximum Gasteiger partial charge on any atom is 0.252 e. The average Bonchev–Trinajstić information content (AvgIpc) is 3.21. The van der Waals surface area contributed by atoms with Gasteiger partial charge in [0, 0.05) is 46.7 Å². The first-order valence-electron chi connectivity index (χ1n) is 15.6. The predicted octanol–water partition coefficient (Wildman–Crippen LogP) is 8.29. The van der Waals surface area contributed by atoms with Gasteiger partial charge in [-0.1, -0.05) is 82.9 Å². The number of halogens is 4. The van der Waals surface area contributed by atoms with Gasteiger partial charge >= 0.3 is 0 Å². The third-order valence-electron chi connectivity index (χ3n) is 9.10. The molecule has 0 fully saturated rings. The van der Waals surface area contributed by atoms with Gasteiger partial charge in [0.1, 0.15) is 17.7 Å². The Bertz CT molecular complexity index is 1750. The van der Waals surface area contributed by atoms with Crippen LogP contribution in [0.4, 0.5) is 14.5 Å². The van der Waals surface area contributed by atoms with Gasteiger partial charge in [0.25, 0.3) is 5.56 Å². The number of amides is 1. The van der Waals surface area contributed by atoms with Crippen LogP contribution in [0.15, 0.2) is 64.5 Å². The van der Waals surface area contributed by atoms with Gasteiger partial charge in [-0.15, -0.1) is 0 Å². The molecule has 3 N–H and O–H groups in total. The van der Waals surface area contributed by atoms with E-state index in [0.717, 1.165) is 6.07 Å². The number of pyridine rings is 1. The van der Waals surface area contributed by atoms with Crippen molar-refractivity contribution in [1.29, 1.82) is 0 Å². The van der Waals surface area contributed by atoms with Gasteiger partial charge in [0.05, 0.1) is 17.2 Å². The molecule has 2 aromatic carbocycles. The molecule has 3 atom stereocenters. The van der Waals surface area contributed by atoms with Gasteiger partial charge in [-0.3, -0.25) is 14.6 Å². The molecule has 3 aromatic rings. The third-order valence-corrected chi connectivity index (χ3v) is 14.2. The number of rotatable bonds is 9. The SMILES string of the molecule is CC(C)(C)CC1=NC(C(=O)Nc2ccn(CCO[Si](C)(C)C(C)(C)C)c(=O)c2)C(c2cccc(Cl)c2F)C1(N)c1ccc(Cl)cc1F. The number of aromatic nitrogens is 1. The van der Waals surface area contributed by atoms with Gasteiger partial charge in [0.15, 0.2) is 8.32 Å². The molecule has 3 unspecified atom stereocenters. The van der Waals surface area contributed by atoms with Crippen LogP contribution >= 0.6 is 23.2 Å². The predicted molar refractivity (Wildman–Crippen MR) is 189 cm³/mol. The molecule has 12 heteroatoms. The van der Waals surface area contributed by atoms with Gasteiger partial charge in [-0.25, -0.2) is 8.78 Å². The number of aliphatic imine (C=N–C) groups is 1. The van der Waals surface area contributed by atoms with E-state index in [0.29, 0.717) is 18.9 Å². The van der Waals surface area contributed by atoms with Gasteiger partial charge < -0.3 is 20.0 Å². The van der Waals surface area contributed by atoms with Crippen molar-refractivity contribution >= 4 is 48.8 Å². The van der Waals surface area contributed by atoms with E-state index in [1.54, 1.807) is 18.3 Å². The summed E-state index contributed by atoms with van der Waals surface area (Å²) in [6.07, 6.45) is 1.86. The first kappa shape index (κ1) is 36.9. The van der Waals surface area contributed by atoms with E-state index < -0.39 is 43.4 Å². The maximum absolute atomic E-state index is 15.8. The zero-order chi connectivity index (χ0) is 35.1. The normalized spacial score (nSPS) is 20.3. The number of nitrogens with zero attached hydrogens (tertiary/aromatic N) is 2. The number of anilines is 1. The Balaban J connectivity index is 1.72. The fourth-order valence-corrected chi connectivity index (χ4v) is 6.98. The van der Waals surface area contributed by atoms with Crippen LogP contribution in [0.3, 0.4) is 0 Å². The zero-order valence-corrected chi connectivity index (χ0v) is 30.7. The standard InChI is InChI=1S/C35H44Cl2F2N4O3Si/c1-33(2,3)20-27-35(40,24-13-12-21(36)18-26(24)38)29(23-10-9-11-25(37)30(23)39)31(42-27)32(45)41-22-14-15-43(28(44)19-22)16-17-46-47(7,8)34(4,5)6/h9-15,18-19,29,31H,16-17,20,40H2,1-8H3,(H,41,45). The first-order chi connectivity index (χ1) is 21.7. The maximum atomic E-state index is 15.8. The molecule has 0 aliphatic carbocycles. The van der Waals surface area contributed by atoms with Crippen molar-refractivity contribution < 1.29 is 18.0 Å². The summed E-state index contributed by atoms with van der Waals surface area (Å²) < 4.78 is 39.2. The molecule has 1 aliphatic rings. The summed E-state index contributed by atoms with van der Waals surface area (Å²) in [6, 6.07) is 10.1. The highest BCUT2D eigenvalue weighted by Crippen LogP contribution is 2.49. The second-order valence-corrected chi connectivity index (χ2v) is 20.6. The number of nitrogens with two attached hydrogens (primary N) is 1. The Morgan fingerprint density at radius 2 is 1.77 bits per heavy atom. The van der Waals surface area contributed by atoms with Gasteiger partial charge in [0.2, 0.25) is 5.91 Å². The quantitative estimate of drug-likeness (QED) is 0.219. The molecule has 254 valence electrons. The molecule has 4 rings (SSSR count). The Morgan fingerprint density at radius 3 is 2.36 bits per heavy atom. The number of benzene rings is 2. The minimum absolute atomic E-state index is 0.0132. The van der Waals surface area contributed by atoms with Crippen LogP contribution in [0.2, 0.25) is 28.2 Å². The van der Waals surface area contributed by atoms with Crippen molar-refractivity contribution in [3.63, 3.8) is 0 Å². The fourth-order valence-electron chi connectivity index (χ4n) is 5.61. The highest BCUT2D eigenvalue weighted by Gasteiger charge is 2.55. The lowest BCUT2D eigenvalue weighted by Gasteiger charge is -2.37. The highest BCUT2D eigenvalue weighted by molar-refractivity contribution is 6.74. The summed E-state index contributed by atoms with van der Waals surface area (Å²) in [7, 11) is -1.99. The molecular formula is C35H44Cl2F2N4O3Si. The molecule has 1 aliphatic heterocycles. The van der Waals surface area contributed by atoms with Crippen molar-refractivity contribution in [3.8, 4) is 0 Å². The molecule has 0 saturated heterocycles. The number of hydrogen-bond acceptors (Lipinski definition) is 5. The van der Waals surface area contributed by atoms with Crippen LogP contribution in [-0.2, 0) is 21.3 Å². The number of hydrogen-bond donors (Lipinski definition) is 2. The monoisotopic (exact) mass is 704 g/mol. The van der Waals surface area contributed by atoms with Crippen molar-refractivity contribution in [2.75, 3.05) is 11.9 Å². The van der Waals surface area contributed by atoms with Crippen LogP contribution < -0.4 is 16.6 Å². The largest absolute Gasteiger partial charge is 0.415 e. The fraction of sp³-hybridized carbons (Fsp3) is 0.457. The average molecular weight is 706 g/mol. The van der Waals surface area contributed by atoms with Crippen LogP contribution in [0.1, 0.15) is 65.0 Å². The second kappa shape index (κ2) is 13.5. The van der Waals surface area contributed by atoms with E-state index >= 15 is 8.78 Å². The van der Waals surface area contributed by atoms with E-state index in [1.165, 1.54) is 34.9 Å². The molecule has 2 heterocycles. The summed E-state index contributed by atoms with van der Waals surface area (Å²) in [6.45, 7) is 17.3. The molecule has 0 bridgehead atoms. The molecule has 1 aromatic heterocycles. The first-order valence-corrected chi connectivity index (χ1v) is 19.2. The van der Waals surface area contributed by atoms with Crippen LogP contribution in [0, 0.1) is 17.0 Å². The number of carbonyl (C=O) groups excluding carboxylic acids is 1. The summed E-state index contributed by atoms with van der Waals surface area (Å²) in [5.41, 5.74) is 5.31. The molecular weight excluding hydrogens is 661 g/mol. The van der Waals surface area contributed by atoms with Crippen LogP contribution in [0.5, 0.6) is 0 Å². The van der Waals surface area contributed by atoms with E-state index in [1.807, 2.05) is 20.8 Å². The van der Waals surface area contributed by atoms with E-state index in [9.17, 15) is 9.59 Å². The summed E-state index contributed by atoms with van der Waals surface area (Å²) in [5.74, 6) is -3.32. The Morgan fingerprint density at radius 1 is 1.09 bits per heavy atom. The lowest BCUT2D eigenvalue weighted by atomic mass is 9.68. The molecule has 1 amide bonds. The molecule has 0 saturated carbocycles. The van der Waals surface area contributed by atoms with Crippen molar-refractivity contribution in [1.82, 2.24) is 4.57 Å². The molecule has 0 spiro atoms. The minimum Gasteiger partial charge on any atom is -0.415 e. The number of carbonyl (C=O) groups is 1. The van der Waals surface area contributed by atoms with Crippen molar-refractivity contribution in [2.45, 2.75) is 90.1 Å². The topological polar surface area (TPSA) is 98.7 Å². The van der Waals surface area contributed by atoms with Crippen molar-refractivity contribution in [2.24, 2.45) is 16.1 Å². The molecule has 47 heavy (non-hydrogen) atoms. The lowest BCUT2D eigenvalue weighted by molar-refractivity contribution is -0.117. The molecule has 0 radical (unpaired) electrons. The molecule has 7 nitrogen and oxygen atoms in total. The Kier molecular flexibility index (Phi) is 10.6. The third kappa shape index (κ3) is 7.89. The smallest absolute Gasteiger partial charge is 0.252 e. The minimum atomic E-state index is -1.99. The summed E-state index contributed by atoms with van der Waals surface area (Å²) >= 11 is 12.3. The van der Waals surface area contributed by atoms with E-state index in [2.05, 4.69) is 39.2 Å². The van der Waals surface area contributed by atoms with E-state index in [-0.39, 0.29) is 49.3 Å². The lowest BCUT2D eigenvalue weighted by Crippen LogP contribution is -2.51. The van der Waals surface area contributed by atoms with Gasteiger partial charge in [-0.2, -0.15) is 0 Å². The van der Waals surface area contributed by atoms with Crippen LogP contribution in [-0.4, -0.2) is 37.2 Å². The van der Waals surface area contributed by atoms with E-state index in [4.69, 9.17) is 38.4 Å². The van der Waals surface area contributed by atoms with Crippen molar-refractivity contribution in [3.05, 3.63) is 97.9 Å². The number of nitrogens with one attached hydrogen (secondary N) is 1. The summed E-state index contributed by atoms with van der Waals surface area (Å²) in [5, 5.41) is 2.79. The highest BCUT2D eigenvalue weighted by atomic mass is 35.5. The Hall–Kier alpha value is -2.89. The van der Waals surface area contributed by atoms with Crippen LogP contribution in [0.25, 0.3) is 0 Å². The van der Waals surface area contributed by atoms with Gasteiger partial charge in [-0.05, 0) is 59.8 Å².